The molecule has 0 unspecified atom stereocenters. The number of aromatic nitrogens is 4. The lowest BCUT2D eigenvalue weighted by molar-refractivity contribution is -0.385. The van der Waals surface area contributed by atoms with E-state index in [1.165, 1.54) is 30.6 Å². The van der Waals surface area contributed by atoms with Crippen molar-refractivity contribution in [2.24, 2.45) is 0 Å². The maximum atomic E-state index is 12.2. The molecule has 0 atom stereocenters. The van der Waals surface area contributed by atoms with Crippen LogP contribution in [-0.2, 0) is 0 Å². The van der Waals surface area contributed by atoms with E-state index in [-0.39, 0.29) is 11.3 Å². The number of hydrogen-bond acceptors (Lipinski definition) is 6. The molecule has 0 aliphatic carbocycles. The third kappa shape index (κ3) is 3.02. The van der Waals surface area contributed by atoms with Crippen LogP contribution in [0.25, 0.3) is 5.95 Å². The summed E-state index contributed by atoms with van der Waals surface area (Å²) < 4.78 is 1.60. The number of carbonyl (C=O) groups excluding carboxylic acids is 1. The largest absolute Gasteiger partial charge is 0.319 e. The third-order valence-corrected chi connectivity index (χ3v) is 2.98. The van der Waals surface area contributed by atoms with Crippen LogP contribution in [-0.4, -0.2) is 30.3 Å². The molecule has 0 aliphatic rings. The quantitative estimate of drug-likeness (QED) is 0.580. The minimum Gasteiger partial charge on any atom is -0.319 e. The maximum absolute atomic E-state index is 12.2. The first-order valence-corrected chi connectivity index (χ1v) is 6.50. The second-order valence-electron chi connectivity index (χ2n) is 4.47. The van der Waals surface area contributed by atoms with Crippen molar-refractivity contribution < 1.29 is 9.72 Å². The van der Waals surface area contributed by atoms with Crippen molar-refractivity contribution >= 4 is 17.3 Å². The van der Waals surface area contributed by atoms with Crippen LogP contribution in [0, 0.1) is 10.1 Å². The monoisotopic (exact) mass is 310 g/mol. The molecule has 0 fully saturated rings. The molecule has 114 valence electrons. The third-order valence-electron chi connectivity index (χ3n) is 2.98. The number of nitrogens with one attached hydrogen (secondary N) is 1. The molecule has 9 heteroatoms. The predicted octanol–water partition coefficient (Wildman–Crippen LogP) is 1.82. The smallest absolute Gasteiger partial charge is 0.282 e. The van der Waals surface area contributed by atoms with Gasteiger partial charge in [0, 0.05) is 18.5 Å². The molecule has 0 saturated heterocycles. The van der Waals surface area contributed by atoms with E-state index in [9.17, 15) is 14.9 Å². The molecular weight excluding hydrogens is 300 g/mol. The number of nitro groups is 1. The zero-order valence-electron chi connectivity index (χ0n) is 11.7. The van der Waals surface area contributed by atoms with Crippen molar-refractivity contribution in [3.05, 3.63) is 71.1 Å². The summed E-state index contributed by atoms with van der Waals surface area (Å²) in [6, 6.07) is 5.71. The van der Waals surface area contributed by atoms with Gasteiger partial charge < -0.3 is 5.32 Å². The minimum absolute atomic E-state index is 0.0313. The summed E-state index contributed by atoms with van der Waals surface area (Å²) in [5.41, 5.74) is 0.0363. The van der Waals surface area contributed by atoms with E-state index in [0.29, 0.717) is 11.6 Å². The zero-order valence-corrected chi connectivity index (χ0v) is 11.7. The molecule has 3 aromatic rings. The average Bonchev–Trinajstić information content (AvgIpc) is 3.10. The Hall–Kier alpha value is -3.62. The highest BCUT2D eigenvalue weighted by atomic mass is 16.6. The van der Waals surface area contributed by atoms with Gasteiger partial charge in [-0.1, -0.05) is 12.1 Å². The normalized spacial score (nSPS) is 10.3. The summed E-state index contributed by atoms with van der Waals surface area (Å²) in [6.07, 6.45) is 7.64. The number of carbonyl (C=O) groups is 1. The molecule has 0 radical (unpaired) electrons. The number of nitrogens with zero attached hydrogens (tertiary/aromatic N) is 5. The molecule has 1 amide bonds. The number of amides is 1. The Kier molecular flexibility index (Phi) is 3.75. The van der Waals surface area contributed by atoms with E-state index in [2.05, 4.69) is 20.3 Å². The van der Waals surface area contributed by atoms with Crippen LogP contribution >= 0.6 is 0 Å². The Balaban J connectivity index is 1.80. The Labute approximate surface area is 129 Å². The van der Waals surface area contributed by atoms with Crippen LogP contribution in [0.5, 0.6) is 0 Å². The molecule has 9 nitrogen and oxygen atoms in total. The second-order valence-corrected chi connectivity index (χ2v) is 4.47. The van der Waals surface area contributed by atoms with Crippen LogP contribution in [0.3, 0.4) is 0 Å². The van der Waals surface area contributed by atoms with E-state index in [1.54, 1.807) is 29.4 Å². The number of benzene rings is 1. The lowest BCUT2D eigenvalue weighted by atomic mass is 10.1. The van der Waals surface area contributed by atoms with E-state index < -0.39 is 10.8 Å². The SMILES string of the molecule is O=C(Nc1cnc(-n2ccnc2)nc1)c1ccccc1[N+](=O)[O-]. The summed E-state index contributed by atoms with van der Waals surface area (Å²) in [5, 5.41) is 13.5. The molecule has 1 N–H and O–H groups in total. The van der Waals surface area contributed by atoms with Crippen LogP contribution in [0.15, 0.2) is 55.4 Å². The molecule has 2 heterocycles. The van der Waals surface area contributed by atoms with Gasteiger partial charge in [0.15, 0.2) is 0 Å². The van der Waals surface area contributed by atoms with Gasteiger partial charge in [0.2, 0.25) is 5.95 Å². The van der Waals surface area contributed by atoms with E-state index in [4.69, 9.17) is 0 Å². The Morgan fingerprint density at radius 2 is 1.96 bits per heavy atom. The van der Waals surface area contributed by atoms with Crippen molar-refractivity contribution in [1.82, 2.24) is 19.5 Å². The molecule has 0 saturated carbocycles. The van der Waals surface area contributed by atoms with E-state index in [0.717, 1.165) is 0 Å². The van der Waals surface area contributed by atoms with Crippen LogP contribution < -0.4 is 5.32 Å². The fourth-order valence-corrected chi connectivity index (χ4v) is 1.92. The number of rotatable bonds is 4. The van der Waals surface area contributed by atoms with Gasteiger partial charge in [-0.3, -0.25) is 19.5 Å². The first kappa shape index (κ1) is 14.3. The molecular formula is C14H10N6O3. The van der Waals surface area contributed by atoms with Gasteiger partial charge in [-0.15, -0.1) is 0 Å². The topological polar surface area (TPSA) is 116 Å². The fourth-order valence-electron chi connectivity index (χ4n) is 1.92. The molecule has 3 rings (SSSR count). The van der Waals surface area contributed by atoms with Gasteiger partial charge in [0.25, 0.3) is 11.6 Å². The van der Waals surface area contributed by atoms with Gasteiger partial charge in [-0.2, -0.15) is 0 Å². The van der Waals surface area contributed by atoms with Gasteiger partial charge in [-0.05, 0) is 6.07 Å². The molecule has 23 heavy (non-hydrogen) atoms. The van der Waals surface area contributed by atoms with E-state index >= 15 is 0 Å². The number of nitro benzene ring substituents is 1. The predicted molar refractivity (Wildman–Crippen MR) is 80.2 cm³/mol. The summed E-state index contributed by atoms with van der Waals surface area (Å²) in [6.45, 7) is 0. The van der Waals surface area contributed by atoms with Gasteiger partial charge >= 0.3 is 0 Å². The standard InChI is InChI=1S/C14H10N6O3/c21-13(11-3-1-2-4-12(11)20(22)23)18-10-7-16-14(17-8-10)19-6-5-15-9-19/h1-9H,(H,18,21). The van der Waals surface area contributed by atoms with Gasteiger partial charge in [-0.25, -0.2) is 15.0 Å². The maximum Gasteiger partial charge on any atom is 0.282 e. The fraction of sp³-hybridized carbons (Fsp3) is 0. The molecule has 0 spiro atoms. The van der Waals surface area contributed by atoms with Crippen LogP contribution in [0.4, 0.5) is 11.4 Å². The Morgan fingerprint density at radius 3 is 2.61 bits per heavy atom. The highest BCUT2D eigenvalue weighted by molar-refractivity contribution is 6.06. The highest BCUT2D eigenvalue weighted by Crippen LogP contribution is 2.19. The number of para-hydroxylation sites is 1. The number of hydrogen-bond donors (Lipinski definition) is 1. The molecule has 2 aromatic heterocycles. The van der Waals surface area contributed by atoms with Gasteiger partial charge in [0.1, 0.15) is 11.9 Å². The molecule has 1 aromatic carbocycles. The van der Waals surface area contributed by atoms with Crippen LogP contribution in [0.2, 0.25) is 0 Å². The Bertz CT molecular complexity index is 845. The Morgan fingerprint density at radius 1 is 1.22 bits per heavy atom. The summed E-state index contributed by atoms with van der Waals surface area (Å²) in [7, 11) is 0. The lowest BCUT2D eigenvalue weighted by Gasteiger charge is -2.06. The second kappa shape index (κ2) is 6.02. The molecule has 0 bridgehead atoms. The van der Waals surface area contributed by atoms with Gasteiger partial charge in [0.05, 0.1) is 23.0 Å². The summed E-state index contributed by atoms with van der Waals surface area (Å²) in [5.74, 6) is -0.206. The summed E-state index contributed by atoms with van der Waals surface area (Å²) in [4.78, 5) is 34.6. The van der Waals surface area contributed by atoms with Crippen molar-refractivity contribution in [3.63, 3.8) is 0 Å². The van der Waals surface area contributed by atoms with Crippen molar-refractivity contribution in [2.45, 2.75) is 0 Å². The zero-order chi connectivity index (χ0) is 16.2. The van der Waals surface area contributed by atoms with Crippen molar-refractivity contribution in [2.75, 3.05) is 5.32 Å². The lowest BCUT2D eigenvalue weighted by Crippen LogP contribution is -2.14. The van der Waals surface area contributed by atoms with Crippen molar-refractivity contribution in [3.8, 4) is 5.95 Å². The summed E-state index contributed by atoms with van der Waals surface area (Å²) >= 11 is 0. The van der Waals surface area contributed by atoms with Crippen molar-refractivity contribution in [1.29, 1.82) is 0 Å². The molecule has 0 aliphatic heterocycles. The minimum atomic E-state index is -0.604. The highest BCUT2D eigenvalue weighted by Gasteiger charge is 2.19. The van der Waals surface area contributed by atoms with E-state index in [1.807, 2.05) is 0 Å². The first-order valence-electron chi connectivity index (χ1n) is 6.50. The average molecular weight is 310 g/mol. The van der Waals surface area contributed by atoms with Crippen LogP contribution in [0.1, 0.15) is 10.4 Å². The number of imidazole rings is 1. The number of anilines is 1. The first-order chi connectivity index (χ1) is 11.1.